The molecule has 8 heteroatoms. The number of nitrogens with two attached hydrogens (primary N) is 1. The predicted molar refractivity (Wildman–Crippen MR) is 85.4 cm³/mol. The highest BCUT2D eigenvalue weighted by Crippen LogP contribution is 2.24. The summed E-state index contributed by atoms with van der Waals surface area (Å²) in [6.07, 6.45) is 1.97. The average Bonchev–Trinajstić information content (AvgIpc) is 2.95. The van der Waals surface area contributed by atoms with Crippen LogP contribution < -0.4 is 11.1 Å². The van der Waals surface area contributed by atoms with Crippen LogP contribution in [-0.2, 0) is 17.9 Å². The van der Waals surface area contributed by atoms with Crippen LogP contribution in [0.25, 0.3) is 0 Å². The SMILES string of the molecule is CSc1ccccc1NC(=O)CN(C)Cc1noc(CN)n1. The molecule has 0 saturated carbocycles. The molecule has 0 atom stereocenters. The molecule has 0 fully saturated rings. The zero-order valence-corrected chi connectivity index (χ0v) is 13.4. The fourth-order valence-corrected chi connectivity index (χ4v) is 2.47. The normalized spacial score (nSPS) is 10.9. The third-order valence-corrected chi connectivity index (χ3v) is 3.69. The number of rotatable bonds is 7. The van der Waals surface area contributed by atoms with E-state index >= 15 is 0 Å². The molecule has 2 rings (SSSR count). The fraction of sp³-hybridized carbons (Fsp3) is 0.357. The Bertz CT molecular complexity index is 631. The van der Waals surface area contributed by atoms with Crippen LogP contribution >= 0.6 is 11.8 Å². The second kappa shape index (κ2) is 7.92. The third-order valence-electron chi connectivity index (χ3n) is 2.89. The number of benzene rings is 1. The molecule has 0 unspecified atom stereocenters. The van der Waals surface area contributed by atoms with E-state index in [2.05, 4.69) is 15.5 Å². The lowest BCUT2D eigenvalue weighted by molar-refractivity contribution is -0.117. The van der Waals surface area contributed by atoms with Gasteiger partial charge in [-0.1, -0.05) is 17.3 Å². The monoisotopic (exact) mass is 321 g/mol. The minimum atomic E-state index is -0.0912. The topological polar surface area (TPSA) is 97.3 Å². The standard InChI is InChI=1S/C14H19N5O2S/c1-19(8-12-17-14(7-15)21-18-12)9-13(20)16-10-5-3-4-6-11(10)22-2/h3-6H,7-9,15H2,1-2H3,(H,16,20). The van der Waals surface area contributed by atoms with Crippen molar-refractivity contribution >= 4 is 23.4 Å². The molecule has 0 radical (unpaired) electrons. The summed E-state index contributed by atoms with van der Waals surface area (Å²) in [6, 6.07) is 7.69. The lowest BCUT2D eigenvalue weighted by Crippen LogP contribution is -2.30. The Hall–Kier alpha value is -1.90. The number of nitrogens with zero attached hydrogens (tertiary/aromatic N) is 3. The minimum Gasteiger partial charge on any atom is -0.338 e. The highest BCUT2D eigenvalue weighted by Gasteiger charge is 2.12. The van der Waals surface area contributed by atoms with Gasteiger partial charge in [0.2, 0.25) is 11.8 Å². The van der Waals surface area contributed by atoms with Gasteiger partial charge in [0.1, 0.15) is 0 Å². The summed E-state index contributed by atoms with van der Waals surface area (Å²) >= 11 is 1.59. The smallest absolute Gasteiger partial charge is 0.240 e. The Balaban J connectivity index is 1.88. The van der Waals surface area contributed by atoms with E-state index in [4.69, 9.17) is 10.3 Å². The zero-order valence-electron chi connectivity index (χ0n) is 12.6. The predicted octanol–water partition coefficient (Wildman–Crippen LogP) is 1.32. The summed E-state index contributed by atoms with van der Waals surface area (Å²) < 4.78 is 4.93. The maximum atomic E-state index is 12.1. The zero-order chi connectivity index (χ0) is 15.9. The molecule has 0 bridgehead atoms. The molecule has 0 aliphatic carbocycles. The summed E-state index contributed by atoms with van der Waals surface area (Å²) in [4.78, 5) is 19.0. The number of carbonyl (C=O) groups excluding carboxylic acids is 1. The van der Waals surface area contributed by atoms with E-state index in [0.717, 1.165) is 10.6 Å². The fourth-order valence-electron chi connectivity index (χ4n) is 1.92. The lowest BCUT2D eigenvalue weighted by Gasteiger charge is -2.15. The summed E-state index contributed by atoms with van der Waals surface area (Å²) in [6.45, 7) is 0.860. The number of hydrogen-bond donors (Lipinski definition) is 2. The molecule has 3 N–H and O–H groups in total. The van der Waals surface area contributed by atoms with Crippen molar-refractivity contribution in [3.8, 4) is 0 Å². The van der Waals surface area contributed by atoms with Gasteiger partial charge in [-0.2, -0.15) is 4.98 Å². The molecule has 22 heavy (non-hydrogen) atoms. The molecular formula is C14H19N5O2S. The molecule has 1 heterocycles. The van der Waals surface area contributed by atoms with Gasteiger partial charge in [-0.15, -0.1) is 11.8 Å². The van der Waals surface area contributed by atoms with Gasteiger partial charge in [0, 0.05) is 4.90 Å². The van der Waals surface area contributed by atoms with Crippen molar-refractivity contribution in [2.45, 2.75) is 18.0 Å². The second-order valence-electron chi connectivity index (χ2n) is 4.73. The number of anilines is 1. The molecular weight excluding hydrogens is 302 g/mol. The number of amides is 1. The Morgan fingerprint density at radius 1 is 1.45 bits per heavy atom. The highest BCUT2D eigenvalue weighted by atomic mass is 32.2. The number of likely N-dealkylation sites (N-methyl/N-ethyl adjacent to an activating group) is 1. The van der Waals surface area contributed by atoms with Crippen molar-refractivity contribution in [1.29, 1.82) is 0 Å². The number of thioether (sulfide) groups is 1. The van der Waals surface area contributed by atoms with Crippen molar-refractivity contribution in [2.24, 2.45) is 5.73 Å². The Labute approximate surface area is 133 Å². The highest BCUT2D eigenvalue weighted by molar-refractivity contribution is 7.98. The van der Waals surface area contributed by atoms with Crippen LogP contribution in [-0.4, -0.2) is 40.8 Å². The van der Waals surface area contributed by atoms with E-state index in [0.29, 0.717) is 18.3 Å². The number of para-hydroxylation sites is 1. The molecule has 1 amide bonds. The molecule has 0 saturated heterocycles. The number of carbonyl (C=O) groups is 1. The van der Waals surface area contributed by atoms with Crippen molar-refractivity contribution in [2.75, 3.05) is 25.2 Å². The van der Waals surface area contributed by atoms with Gasteiger partial charge in [0.25, 0.3) is 0 Å². The van der Waals surface area contributed by atoms with Crippen molar-refractivity contribution < 1.29 is 9.32 Å². The molecule has 0 spiro atoms. The summed E-state index contributed by atoms with van der Waals surface area (Å²) in [5, 5.41) is 6.71. The second-order valence-corrected chi connectivity index (χ2v) is 5.58. The largest absolute Gasteiger partial charge is 0.338 e. The molecule has 1 aromatic carbocycles. The lowest BCUT2D eigenvalue weighted by atomic mass is 10.3. The maximum absolute atomic E-state index is 12.1. The first-order chi connectivity index (χ1) is 10.6. The van der Waals surface area contributed by atoms with Crippen molar-refractivity contribution in [3.05, 3.63) is 36.0 Å². The number of aromatic nitrogens is 2. The average molecular weight is 321 g/mol. The Morgan fingerprint density at radius 3 is 2.91 bits per heavy atom. The Morgan fingerprint density at radius 2 is 2.23 bits per heavy atom. The molecule has 7 nitrogen and oxygen atoms in total. The summed E-state index contributed by atoms with van der Waals surface area (Å²) in [7, 11) is 1.82. The van der Waals surface area contributed by atoms with Gasteiger partial charge in [-0.3, -0.25) is 9.69 Å². The minimum absolute atomic E-state index is 0.0912. The van der Waals surface area contributed by atoms with E-state index in [1.165, 1.54) is 0 Å². The summed E-state index contributed by atoms with van der Waals surface area (Å²) in [5.74, 6) is 0.813. The van der Waals surface area contributed by atoms with Gasteiger partial charge in [0.05, 0.1) is 25.3 Å². The van der Waals surface area contributed by atoms with Crippen LogP contribution in [0.4, 0.5) is 5.69 Å². The van der Waals surface area contributed by atoms with Crippen molar-refractivity contribution in [3.63, 3.8) is 0 Å². The quantitative estimate of drug-likeness (QED) is 0.742. The van der Waals surface area contributed by atoms with E-state index in [9.17, 15) is 4.79 Å². The van der Waals surface area contributed by atoms with E-state index < -0.39 is 0 Å². The van der Waals surface area contributed by atoms with Gasteiger partial charge < -0.3 is 15.6 Å². The first-order valence-corrected chi connectivity index (χ1v) is 7.97. The maximum Gasteiger partial charge on any atom is 0.240 e. The molecule has 0 aliphatic rings. The molecule has 2 aromatic rings. The van der Waals surface area contributed by atoms with Crippen LogP contribution in [0.15, 0.2) is 33.7 Å². The van der Waals surface area contributed by atoms with Crippen LogP contribution in [0.2, 0.25) is 0 Å². The first-order valence-electron chi connectivity index (χ1n) is 6.75. The van der Waals surface area contributed by atoms with Crippen LogP contribution in [0, 0.1) is 0 Å². The van der Waals surface area contributed by atoms with E-state index in [1.54, 1.807) is 11.8 Å². The molecule has 0 aliphatic heterocycles. The van der Waals surface area contributed by atoms with Crippen LogP contribution in [0.5, 0.6) is 0 Å². The third kappa shape index (κ3) is 4.55. The van der Waals surface area contributed by atoms with E-state index in [1.807, 2.05) is 42.5 Å². The van der Waals surface area contributed by atoms with Crippen molar-refractivity contribution in [1.82, 2.24) is 15.0 Å². The Kier molecular flexibility index (Phi) is 5.93. The van der Waals surface area contributed by atoms with E-state index in [-0.39, 0.29) is 19.0 Å². The first kappa shape index (κ1) is 16.5. The van der Waals surface area contributed by atoms with Gasteiger partial charge in [-0.25, -0.2) is 0 Å². The number of hydrogen-bond acceptors (Lipinski definition) is 7. The van der Waals surface area contributed by atoms with Crippen LogP contribution in [0.3, 0.4) is 0 Å². The van der Waals surface area contributed by atoms with Gasteiger partial charge >= 0.3 is 0 Å². The van der Waals surface area contributed by atoms with Gasteiger partial charge in [0.15, 0.2) is 5.82 Å². The molecule has 118 valence electrons. The number of nitrogens with one attached hydrogen (secondary N) is 1. The summed E-state index contributed by atoms with van der Waals surface area (Å²) in [5.41, 5.74) is 6.23. The van der Waals surface area contributed by atoms with Gasteiger partial charge in [-0.05, 0) is 25.4 Å². The van der Waals surface area contributed by atoms with Crippen LogP contribution in [0.1, 0.15) is 11.7 Å². The molecule has 1 aromatic heterocycles.